The molecule has 0 aromatic carbocycles. The van der Waals surface area contributed by atoms with Gasteiger partial charge < -0.3 is 19.8 Å². The number of nitrogens with zero attached hydrogens (tertiary/aromatic N) is 2. The van der Waals surface area contributed by atoms with E-state index in [1.807, 2.05) is 13.8 Å². The second-order valence-electron chi connectivity index (χ2n) is 8.06. The molecule has 158 valence electrons. The van der Waals surface area contributed by atoms with Gasteiger partial charge in [0, 0.05) is 23.9 Å². The molecule has 2 aliphatic rings. The quantitative estimate of drug-likeness (QED) is 0.546. The van der Waals surface area contributed by atoms with Gasteiger partial charge in [-0.1, -0.05) is 0 Å². The van der Waals surface area contributed by atoms with Crippen molar-refractivity contribution in [1.82, 2.24) is 14.9 Å². The molecule has 3 rings (SSSR count). The van der Waals surface area contributed by atoms with E-state index in [1.165, 1.54) is 23.6 Å². The summed E-state index contributed by atoms with van der Waals surface area (Å²) >= 11 is 1.50. The van der Waals surface area contributed by atoms with Crippen molar-refractivity contribution in [2.24, 2.45) is 0 Å². The number of fused-ring (bicyclic) bond motifs is 1. The Kier molecular flexibility index (Phi) is 5.66. The minimum Gasteiger partial charge on any atom is -0.461 e. The number of thioether (sulfide) groups is 1. The number of carbonyl (C=O) groups is 3. The minimum absolute atomic E-state index is 0.0535. The molecule has 2 atom stereocenters. The molecule has 1 saturated heterocycles. The largest absolute Gasteiger partial charge is 0.461 e. The molecule has 0 bridgehead atoms. The smallest absolute Gasteiger partial charge is 0.355 e. The fourth-order valence-corrected chi connectivity index (χ4v) is 4.39. The number of esters is 2. The summed E-state index contributed by atoms with van der Waals surface area (Å²) in [5, 5.41) is 2.84. The second kappa shape index (κ2) is 7.74. The lowest BCUT2D eigenvalue weighted by Crippen LogP contribution is -2.68. The summed E-state index contributed by atoms with van der Waals surface area (Å²) in [7, 11) is 0. The normalized spacial score (nSPS) is 21.4. The van der Waals surface area contributed by atoms with E-state index in [2.05, 4.69) is 15.3 Å². The summed E-state index contributed by atoms with van der Waals surface area (Å²) < 4.78 is 10.6. The molecule has 1 unspecified atom stereocenters. The third kappa shape index (κ3) is 4.42. The van der Waals surface area contributed by atoms with Crippen LogP contribution < -0.4 is 5.32 Å². The van der Waals surface area contributed by atoms with Gasteiger partial charge in [0.15, 0.2) is 0 Å². The standard InChI is InChI=1S/C19H26N4O5S/c1-9-10(2)21-18(20-9)22-13-15(25)23-14(17(26)28-19(4,5)6)12(7-27-11(3)24)8-29-16(13)23/h13,16H,7-8H2,1-6H3,(H2,20,21,22)/t13?,16-/m0/s1. The lowest BCUT2D eigenvalue weighted by atomic mass is 10.0. The van der Waals surface area contributed by atoms with Gasteiger partial charge in [-0.2, -0.15) is 0 Å². The molecular weight excluding hydrogens is 396 g/mol. The molecule has 1 aromatic heterocycles. The van der Waals surface area contributed by atoms with Crippen molar-refractivity contribution in [2.45, 2.75) is 58.6 Å². The van der Waals surface area contributed by atoms with Crippen LogP contribution in [-0.2, 0) is 23.9 Å². The third-order valence-corrected chi connectivity index (χ3v) is 5.85. The maximum atomic E-state index is 12.9. The molecule has 1 amide bonds. The minimum atomic E-state index is -0.717. The number of H-pyrrole nitrogens is 1. The first-order valence-corrected chi connectivity index (χ1v) is 10.4. The van der Waals surface area contributed by atoms with Crippen molar-refractivity contribution < 1.29 is 23.9 Å². The maximum absolute atomic E-state index is 12.9. The van der Waals surface area contributed by atoms with Crippen molar-refractivity contribution in [2.75, 3.05) is 17.7 Å². The Morgan fingerprint density at radius 2 is 2.03 bits per heavy atom. The number of imidazole rings is 1. The second-order valence-corrected chi connectivity index (χ2v) is 9.17. The number of carbonyl (C=O) groups excluding carboxylic acids is 3. The molecule has 3 heterocycles. The number of rotatable bonds is 5. The van der Waals surface area contributed by atoms with Crippen LogP contribution in [0, 0.1) is 13.8 Å². The molecule has 0 radical (unpaired) electrons. The van der Waals surface area contributed by atoms with E-state index >= 15 is 0 Å². The number of aromatic nitrogens is 2. The molecule has 0 saturated carbocycles. The predicted molar refractivity (Wildman–Crippen MR) is 108 cm³/mol. The van der Waals surface area contributed by atoms with E-state index in [0.717, 1.165) is 11.4 Å². The number of hydrogen-bond donors (Lipinski definition) is 2. The van der Waals surface area contributed by atoms with Crippen LogP contribution >= 0.6 is 11.8 Å². The van der Waals surface area contributed by atoms with E-state index in [1.54, 1.807) is 20.8 Å². The summed E-state index contributed by atoms with van der Waals surface area (Å²) in [5.74, 6) is -0.333. The summed E-state index contributed by atoms with van der Waals surface area (Å²) in [4.78, 5) is 45.9. The van der Waals surface area contributed by atoms with E-state index in [4.69, 9.17) is 9.47 Å². The Morgan fingerprint density at radius 3 is 2.59 bits per heavy atom. The molecule has 9 nitrogen and oxygen atoms in total. The van der Waals surface area contributed by atoms with Crippen LogP contribution in [0.5, 0.6) is 0 Å². The van der Waals surface area contributed by atoms with Crippen LogP contribution in [0.1, 0.15) is 39.1 Å². The highest BCUT2D eigenvalue weighted by atomic mass is 32.2. The van der Waals surface area contributed by atoms with E-state index < -0.39 is 23.6 Å². The van der Waals surface area contributed by atoms with E-state index in [0.29, 0.717) is 17.3 Å². The van der Waals surface area contributed by atoms with Crippen molar-refractivity contribution in [1.29, 1.82) is 0 Å². The summed E-state index contributed by atoms with van der Waals surface area (Å²) in [6, 6.07) is -0.516. The summed E-state index contributed by atoms with van der Waals surface area (Å²) in [5.41, 5.74) is 1.79. The Bertz CT molecular complexity index is 866. The van der Waals surface area contributed by atoms with Gasteiger partial charge in [-0.15, -0.1) is 11.8 Å². The van der Waals surface area contributed by atoms with E-state index in [-0.39, 0.29) is 23.6 Å². The van der Waals surface area contributed by atoms with Crippen molar-refractivity contribution >= 4 is 35.6 Å². The molecular formula is C19H26N4O5S. The topological polar surface area (TPSA) is 114 Å². The Morgan fingerprint density at radius 1 is 1.34 bits per heavy atom. The molecule has 2 aliphatic heterocycles. The average Bonchev–Trinajstić information content (AvgIpc) is 2.93. The van der Waals surface area contributed by atoms with Crippen LogP contribution in [0.3, 0.4) is 0 Å². The van der Waals surface area contributed by atoms with Gasteiger partial charge in [-0.3, -0.25) is 14.5 Å². The van der Waals surface area contributed by atoms with Gasteiger partial charge in [0.2, 0.25) is 5.95 Å². The number of hydrogen-bond acceptors (Lipinski definition) is 8. The average molecular weight is 423 g/mol. The lowest BCUT2D eigenvalue weighted by Gasteiger charge is -2.49. The Balaban J connectivity index is 1.84. The number of nitrogens with one attached hydrogen (secondary N) is 2. The number of ether oxygens (including phenoxy) is 2. The Hall–Kier alpha value is -2.49. The van der Waals surface area contributed by atoms with E-state index in [9.17, 15) is 14.4 Å². The van der Waals surface area contributed by atoms with Gasteiger partial charge in [0.25, 0.3) is 5.91 Å². The van der Waals surface area contributed by atoms with Crippen molar-refractivity contribution in [3.63, 3.8) is 0 Å². The molecule has 29 heavy (non-hydrogen) atoms. The summed E-state index contributed by atoms with van der Waals surface area (Å²) in [6.07, 6.45) is 0. The number of aromatic amines is 1. The van der Waals surface area contributed by atoms with Crippen LogP contribution in [0.25, 0.3) is 0 Å². The van der Waals surface area contributed by atoms with Gasteiger partial charge in [-0.05, 0) is 34.6 Å². The highest BCUT2D eigenvalue weighted by Crippen LogP contribution is 2.42. The molecule has 2 N–H and O–H groups in total. The fourth-order valence-electron chi connectivity index (χ4n) is 3.06. The monoisotopic (exact) mass is 422 g/mol. The van der Waals surface area contributed by atoms with Crippen molar-refractivity contribution in [3.05, 3.63) is 22.7 Å². The Labute approximate surface area is 173 Å². The first-order chi connectivity index (χ1) is 13.5. The molecule has 1 aromatic rings. The lowest BCUT2D eigenvalue weighted by molar-refractivity contribution is -0.157. The fraction of sp³-hybridized carbons (Fsp3) is 0.579. The molecule has 0 aliphatic carbocycles. The zero-order valence-electron chi connectivity index (χ0n) is 17.4. The molecule has 0 spiro atoms. The summed E-state index contributed by atoms with van der Waals surface area (Å²) in [6.45, 7) is 10.3. The number of aryl methyl sites for hydroxylation is 2. The van der Waals surface area contributed by atoms with Crippen LogP contribution in [0.4, 0.5) is 5.95 Å². The molecule has 1 fully saturated rings. The highest BCUT2D eigenvalue weighted by Gasteiger charge is 2.54. The zero-order valence-corrected chi connectivity index (χ0v) is 18.2. The number of amides is 1. The van der Waals surface area contributed by atoms with Gasteiger partial charge in [0.1, 0.15) is 29.3 Å². The number of β-lactam (4-membered cyclic amide) rings is 1. The van der Waals surface area contributed by atoms with Crippen molar-refractivity contribution in [3.8, 4) is 0 Å². The first kappa shape index (κ1) is 21.2. The zero-order chi connectivity index (χ0) is 21.5. The van der Waals surface area contributed by atoms with Gasteiger partial charge in [-0.25, -0.2) is 9.78 Å². The van der Waals surface area contributed by atoms with Gasteiger partial charge >= 0.3 is 11.9 Å². The molecule has 10 heteroatoms. The van der Waals surface area contributed by atoms with Crippen LogP contribution in [0.2, 0.25) is 0 Å². The van der Waals surface area contributed by atoms with Crippen LogP contribution in [0.15, 0.2) is 11.3 Å². The SMILES string of the molecule is CC(=O)OCC1=C(C(=O)OC(C)(C)C)N2C(=O)C(Nc3nc(C)c(C)[nH]3)[C@@H]2SC1. The first-order valence-electron chi connectivity index (χ1n) is 9.31. The van der Waals surface area contributed by atoms with Crippen LogP contribution in [-0.4, -0.2) is 62.1 Å². The maximum Gasteiger partial charge on any atom is 0.355 e. The van der Waals surface area contributed by atoms with Gasteiger partial charge in [0.05, 0.1) is 5.69 Å². The third-order valence-electron chi connectivity index (χ3n) is 4.51. The highest BCUT2D eigenvalue weighted by molar-refractivity contribution is 8.00. The number of anilines is 1. The predicted octanol–water partition coefficient (Wildman–Crippen LogP) is 1.88.